The van der Waals surface area contributed by atoms with E-state index in [4.69, 9.17) is 4.42 Å². The first-order valence-corrected chi connectivity index (χ1v) is 8.53. The predicted molar refractivity (Wildman–Crippen MR) is 79.4 cm³/mol. The number of hydrogen-bond donors (Lipinski definition) is 1. The van der Waals surface area contributed by atoms with E-state index in [-0.39, 0.29) is 23.5 Å². The zero-order chi connectivity index (χ0) is 16.1. The average Bonchev–Trinajstić information content (AvgIpc) is 2.79. The summed E-state index contributed by atoms with van der Waals surface area (Å²) in [4.78, 5) is 11.0. The summed E-state index contributed by atoms with van der Waals surface area (Å²) in [5.74, 6) is 0.0805. The van der Waals surface area contributed by atoms with Crippen LogP contribution in [0.2, 0.25) is 0 Å². The summed E-state index contributed by atoms with van der Waals surface area (Å²) in [5, 5.41) is 3.26. The standard InChI is InChI=1S/C14H23NO5S/c1-14(2,3)15-9-11-5-6-12(20-11)10-21(17,18)8-7-13(16)19-4/h5-6,15H,7-10H2,1-4H3. The van der Waals surface area contributed by atoms with Crippen molar-refractivity contribution in [3.8, 4) is 0 Å². The summed E-state index contributed by atoms with van der Waals surface area (Å²) >= 11 is 0. The van der Waals surface area contributed by atoms with E-state index in [9.17, 15) is 13.2 Å². The second-order valence-corrected chi connectivity index (χ2v) is 8.07. The molecule has 1 heterocycles. The largest absolute Gasteiger partial charge is 0.469 e. The fraction of sp³-hybridized carbons (Fsp3) is 0.643. The Morgan fingerprint density at radius 3 is 2.48 bits per heavy atom. The van der Waals surface area contributed by atoms with Crippen LogP contribution in [0.1, 0.15) is 38.7 Å². The summed E-state index contributed by atoms with van der Waals surface area (Å²) in [7, 11) is -2.15. The lowest BCUT2D eigenvalue weighted by molar-refractivity contribution is -0.140. The third-order valence-corrected chi connectivity index (χ3v) is 4.27. The van der Waals surface area contributed by atoms with Crippen molar-refractivity contribution in [2.45, 2.75) is 45.0 Å². The summed E-state index contributed by atoms with van der Waals surface area (Å²) < 4.78 is 33.6. The summed E-state index contributed by atoms with van der Waals surface area (Å²) in [5.41, 5.74) is -0.0421. The monoisotopic (exact) mass is 317 g/mol. The molecule has 0 bridgehead atoms. The van der Waals surface area contributed by atoms with Crippen LogP contribution in [0.3, 0.4) is 0 Å². The molecule has 120 valence electrons. The highest BCUT2D eigenvalue weighted by molar-refractivity contribution is 7.90. The lowest BCUT2D eigenvalue weighted by Crippen LogP contribution is -2.34. The number of carbonyl (C=O) groups is 1. The number of rotatable bonds is 7. The average molecular weight is 317 g/mol. The molecule has 6 nitrogen and oxygen atoms in total. The Hall–Kier alpha value is -1.34. The summed E-state index contributed by atoms with van der Waals surface area (Å²) in [6, 6.07) is 3.40. The van der Waals surface area contributed by atoms with Crippen LogP contribution in [0.15, 0.2) is 16.5 Å². The molecular formula is C14H23NO5S. The van der Waals surface area contributed by atoms with E-state index in [1.165, 1.54) is 7.11 Å². The molecule has 0 fully saturated rings. The van der Waals surface area contributed by atoms with Crippen molar-refractivity contribution in [2.75, 3.05) is 12.9 Å². The van der Waals surface area contributed by atoms with Gasteiger partial charge in [-0.2, -0.15) is 0 Å². The Morgan fingerprint density at radius 1 is 1.29 bits per heavy atom. The van der Waals surface area contributed by atoms with Gasteiger partial charge in [-0.05, 0) is 32.9 Å². The van der Waals surface area contributed by atoms with Gasteiger partial charge in [0.1, 0.15) is 17.3 Å². The van der Waals surface area contributed by atoms with Gasteiger partial charge in [0.2, 0.25) is 0 Å². The maximum atomic E-state index is 11.9. The van der Waals surface area contributed by atoms with Crippen molar-refractivity contribution >= 4 is 15.8 Å². The minimum atomic E-state index is -3.38. The minimum absolute atomic E-state index is 0.0421. The van der Waals surface area contributed by atoms with Crippen LogP contribution in [0.25, 0.3) is 0 Å². The van der Waals surface area contributed by atoms with Gasteiger partial charge < -0.3 is 14.5 Å². The maximum absolute atomic E-state index is 11.9. The van der Waals surface area contributed by atoms with E-state index in [2.05, 4.69) is 10.1 Å². The normalized spacial score (nSPS) is 12.4. The fourth-order valence-electron chi connectivity index (χ4n) is 1.58. The van der Waals surface area contributed by atoms with Crippen LogP contribution in [0.4, 0.5) is 0 Å². The molecule has 0 aromatic carbocycles. The highest BCUT2D eigenvalue weighted by atomic mass is 32.2. The van der Waals surface area contributed by atoms with Gasteiger partial charge in [-0.25, -0.2) is 8.42 Å². The number of ether oxygens (including phenoxy) is 1. The quantitative estimate of drug-likeness (QED) is 0.770. The first-order chi connectivity index (χ1) is 9.61. The molecule has 1 rings (SSSR count). The van der Waals surface area contributed by atoms with Crippen LogP contribution < -0.4 is 5.32 Å². The van der Waals surface area contributed by atoms with E-state index in [0.717, 1.165) is 0 Å². The first-order valence-electron chi connectivity index (χ1n) is 6.71. The van der Waals surface area contributed by atoms with E-state index in [1.807, 2.05) is 20.8 Å². The van der Waals surface area contributed by atoms with Crippen LogP contribution >= 0.6 is 0 Å². The Balaban J connectivity index is 2.55. The van der Waals surface area contributed by atoms with Gasteiger partial charge in [-0.3, -0.25) is 4.79 Å². The molecule has 0 amide bonds. The molecule has 1 N–H and O–H groups in total. The topological polar surface area (TPSA) is 85.6 Å². The van der Waals surface area contributed by atoms with E-state index < -0.39 is 15.8 Å². The van der Waals surface area contributed by atoms with Gasteiger partial charge >= 0.3 is 5.97 Å². The number of hydrogen-bond acceptors (Lipinski definition) is 6. The molecule has 0 aliphatic rings. The molecule has 0 radical (unpaired) electrons. The van der Waals surface area contributed by atoms with Gasteiger partial charge in [0.15, 0.2) is 9.84 Å². The lowest BCUT2D eigenvalue weighted by atomic mass is 10.1. The molecule has 1 aromatic rings. The highest BCUT2D eigenvalue weighted by Gasteiger charge is 2.17. The Morgan fingerprint density at radius 2 is 1.90 bits per heavy atom. The maximum Gasteiger partial charge on any atom is 0.306 e. The molecular weight excluding hydrogens is 294 g/mol. The Bertz CT molecular complexity index is 568. The second kappa shape index (κ2) is 7.09. The number of nitrogens with one attached hydrogen (secondary N) is 1. The summed E-state index contributed by atoms with van der Waals surface area (Å²) in [6.45, 7) is 6.64. The zero-order valence-corrected chi connectivity index (χ0v) is 13.7. The van der Waals surface area contributed by atoms with Crippen LogP contribution in [-0.4, -0.2) is 32.8 Å². The van der Waals surface area contributed by atoms with Gasteiger partial charge in [0.25, 0.3) is 0 Å². The van der Waals surface area contributed by atoms with Gasteiger partial charge in [-0.15, -0.1) is 0 Å². The lowest BCUT2D eigenvalue weighted by Gasteiger charge is -2.19. The van der Waals surface area contributed by atoms with Crippen molar-refractivity contribution < 1.29 is 22.4 Å². The number of sulfone groups is 1. The Kier molecular flexibility index (Phi) is 5.98. The van der Waals surface area contributed by atoms with Gasteiger partial charge in [0.05, 0.1) is 25.8 Å². The molecule has 0 spiro atoms. The molecule has 0 saturated heterocycles. The zero-order valence-electron chi connectivity index (χ0n) is 12.9. The Labute approximate surface area is 125 Å². The molecule has 0 unspecified atom stereocenters. The van der Waals surface area contributed by atoms with Crippen molar-refractivity contribution in [2.24, 2.45) is 0 Å². The third-order valence-electron chi connectivity index (χ3n) is 2.72. The number of furan rings is 1. The van der Waals surface area contributed by atoms with Crippen LogP contribution in [-0.2, 0) is 31.7 Å². The molecule has 0 saturated carbocycles. The SMILES string of the molecule is COC(=O)CCS(=O)(=O)Cc1ccc(CNC(C)(C)C)o1. The van der Waals surface area contributed by atoms with Gasteiger partial charge in [-0.1, -0.05) is 0 Å². The van der Waals surface area contributed by atoms with Crippen molar-refractivity contribution in [1.82, 2.24) is 5.32 Å². The van der Waals surface area contributed by atoms with Crippen molar-refractivity contribution in [3.05, 3.63) is 23.7 Å². The van der Waals surface area contributed by atoms with Crippen molar-refractivity contribution in [1.29, 1.82) is 0 Å². The van der Waals surface area contributed by atoms with E-state index in [0.29, 0.717) is 18.1 Å². The molecule has 21 heavy (non-hydrogen) atoms. The van der Waals surface area contributed by atoms with Crippen LogP contribution in [0.5, 0.6) is 0 Å². The first kappa shape index (κ1) is 17.7. The predicted octanol–water partition coefficient (Wildman–Crippen LogP) is 1.65. The molecule has 0 aliphatic heterocycles. The number of methoxy groups -OCH3 is 1. The minimum Gasteiger partial charge on any atom is -0.469 e. The van der Waals surface area contributed by atoms with Gasteiger partial charge in [0, 0.05) is 5.54 Å². The molecule has 0 atom stereocenters. The second-order valence-electron chi connectivity index (χ2n) is 5.89. The van der Waals surface area contributed by atoms with E-state index in [1.54, 1.807) is 12.1 Å². The molecule has 0 aliphatic carbocycles. The third kappa shape index (κ3) is 7.29. The van der Waals surface area contributed by atoms with Crippen molar-refractivity contribution in [3.63, 3.8) is 0 Å². The number of esters is 1. The van der Waals surface area contributed by atoms with E-state index >= 15 is 0 Å². The molecule has 1 aromatic heterocycles. The number of carbonyl (C=O) groups excluding carboxylic acids is 1. The highest BCUT2D eigenvalue weighted by Crippen LogP contribution is 2.13. The molecule has 7 heteroatoms. The summed E-state index contributed by atoms with van der Waals surface area (Å²) in [6.07, 6.45) is -0.141. The fourth-order valence-corrected chi connectivity index (χ4v) is 2.79. The van der Waals surface area contributed by atoms with Crippen LogP contribution in [0, 0.1) is 0 Å². The smallest absolute Gasteiger partial charge is 0.306 e.